The van der Waals surface area contributed by atoms with Crippen molar-refractivity contribution in [1.29, 1.82) is 0 Å². The van der Waals surface area contributed by atoms with Gasteiger partial charge >= 0.3 is 0 Å². The van der Waals surface area contributed by atoms with E-state index in [9.17, 15) is 0 Å². The third-order valence-electron chi connectivity index (χ3n) is 6.40. The summed E-state index contributed by atoms with van der Waals surface area (Å²) in [6, 6.07) is 17.5. The maximum atomic E-state index is 4.80. The van der Waals surface area contributed by atoms with Crippen LogP contribution in [0.25, 0.3) is 10.9 Å². The fourth-order valence-electron chi connectivity index (χ4n) is 4.49. The van der Waals surface area contributed by atoms with Gasteiger partial charge in [0.1, 0.15) is 5.82 Å². The van der Waals surface area contributed by atoms with Crippen LogP contribution in [0.15, 0.2) is 48.5 Å². The van der Waals surface area contributed by atoms with E-state index >= 15 is 0 Å². The average molecular weight is 433 g/mol. The van der Waals surface area contributed by atoms with Crippen LogP contribution in [0.1, 0.15) is 31.2 Å². The lowest BCUT2D eigenvalue weighted by Crippen LogP contribution is -2.31. The monoisotopic (exact) mass is 432 g/mol. The standard InChI is InChI=1S/C26H36N6/c1-31(2)22-15-11-20(12-16-22)18-27-17-19-9-13-21(14-10-19)28-26-29-24-8-6-5-7-23(24)25(30-26)32(3)4/h5-8,11-12,15-16,19,21,27H,9-10,13-14,17-18H2,1-4H3,(H,28,29,30). The Morgan fingerprint density at radius 2 is 1.56 bits per heavy atom. The molecule has 0 amide bonds. The molecular weight excluding hydrogens is 396 g/mol. The van der Waals surface area contributed by atoms with Crippen LogP contribution in [-0.2, 0) is 6.54 Å². The molecule has 3 aromatic rings. The Labute approximate surface area is 192 Å². The Bertz CT molecular complexity index is 1010. The first kappa shape index (κ1) is 22.3. The summed E-state index contributed by atoms with van der Waals surface area (Å²) in [5, 5.41) is 8.36. The zero-order valence-electron chi connectivity index (χ0n) is 19.8. The number of hydrogen-bond donors (Lipinski definition) is 2. The van der Waals surface area contributed by atoms with Gasteiger partial charge in [-0.25, -0.2) is 4.98 Å². The molecule has 170 valence electrons. The van der Waals surface area contributed by atoms with E-state index in [2.05, 4.69) is 70.9 Å². The highest BCUT2D eigenvalue weighted by atomic mass is 15.2. The fourth-order valence-corrected chi connectivity index (χ4v) is 4.49. The van der Waals surface area contributed by atoms with Crippen LogP contribution in [0.3, 0.4) is 0 Å². The van der Waals surface area contributed by atoms with Gasteiger partial charge in [-0.3, -0.25) is 0 Å². The number of para-hydroxylation sites is 1. The smallest absolute Gasteiger partial charge is 0.225 e. The Morgan fingerprint density at radius 3 is 2.25 bits per heavy atom. The van der Waals surface area contributed by atoms with Gasteiger partial charge in [0.15, 0.2) is 0 Å². The van der Waals surface area contributed by atoms with Crippen LogP contribution >= 0.6 is 0 Å². The van der Waals surface area contributed by atoms with E-state index in [4.69, 9.17) is 9.97 Å². The highest BCUT2D eigenvalue weighted by Crippen LogP contribution is 2.28. The Morgan fingerprint density at radius 1 is 0.844 bits per heavy atom. The molecule has 1 aliphatic carbocycles. The van der Waals surface area contributed by atoms with Crippen molar-refractivity contribution >= 4 is 28.4 Å². The molecule has 1 saturated carbocycles. The number of hydrogen-bond acceptors (Lipinski definition) is 6. The van der Waals surface area contributed by atoms with Gasteiger partial charge in [0.2, 0.25) is 5.95 Å². The second-order valence-corrected chi connectivity index (χ2v) is 9.34. The predicted molar refractivity (Wildman–Crippen MR) is 136 cm³/mol. The fraction of sp³-hybridized carbons (Fsp3) is 0.462. The minimum absolute atomic E-state index is 0.445. The summed E-state index contributed by atoms with van der Waals surface area (Å²) in [5.41, 5.74) is 3.58. The largest absolute Gasteiger partial charge is 0.378 e. The first-order valence-corrected chi connectivity index (χ1v) is 11.7. The third-order valence-corrected chi connectivity index (χ3v) is 6.40. The minimum Gasteiger partial charge on any atom is -0.378 e. The summed E-state index contributed by atoms with van der Waals surface area (Å²) in [5.74, 6) is 2.45. The quantitative estimate of drug-likeness (QED) is 0.546. The molecule has 0 aliphatic heterocycles. The van der Waals surface area contributed by atoms with Crippen molar-refractivity contribution in [1.82, 2.24) is 15.3 Å². The summed E-state index contributed by atoms with van der Waals surface area (Å²) in [4.78, 5) is 13.8. The first-order chi connectivity index (χ1) is 15.5. The van der Waals surface area contributed by atoms with Gasteiger partial charge in [0, 0.05) is 51.9 Å². The summed E-state index contributed by atoms with van der Waals surface area (Å²) < 4.78 is 0. The topological polar surface area (TPSA) is 56.3 Å². The number of rotatable bonds is 8. The lowest BCUT2D eigenvalue weighted by Gasteiger charge is -2.29. The molecule has 1 aliphatic rings. The minimum atomic E-state index is 0.445. The Balaban J connectivity index is 1.26. The van der Waals surface area contributed by atoms with Crippen LogP contribution in [0.5, 0.6) is 0 Å². The molecule has 6 nitrogen and oxygen atoms in total. The summed E-state index contributed by atoms with van der Waals surface area (Å²) in [6.45, 7) is 2.02. The number of nitrogens with zero attached hydrogens (tertiary/aromatic N) is 4. The molecule has 0 unspecified atom stereocenters. The van der Waals surface area contributed by atoms with E-state index in [0.29, 0.717) is 6.04 Å². The van der Waals surface area contributed by atoms with Gasteiger partial charge in [0.25, 0.3) is 0 Å². The van der Waals surface area contributed by atoms with Crippen molar-refractivity contribution in [3.05, 3.63) is 54.1 Å². The summed E-state index contributed by atoms with van der Waals surface area (Å²) >= 11 is 0. The van der Waals surface area contributed by atoms with Gasteiger partial charge in [-0.2, -0.15) is 4.98 Å². The molecule has 1 heterocycles. The molecule has 1 aromatic heterocycles. The maximum Gasteiger partial charge on any atom is 0.225 e. The molecule has 0 atom stereocenters. The average Bonchev–Trinajstić information content (AvgIpc) is 2.80. The summed E-state index contributed by atoms with van der Waals surface area (Å²) in [7, 11) is 8.22. The molecule has 0 saturated heterocycles. The zero-order valence-corrected chi connectivity index (χ0v) is 19.8. The second-order valence-electron chi connectivity index (χ2n) is 9.34. The van der Waals surface area contributed by atoms with Gasteiger partial charge < -0.3 is 20.4 Å². The van der Waals surface area contributed by atoms with Crippen molar-refractivity contribution in [2.45, 2.75) is 38.3 Å². The van der Waals surface area contributed by atoms with Crippen molar-refractivity contribution in [2.75, 3.05) is 49.9 Å². The maximum absolute atomic E-state index is 4.80. The van der Waals surface area contributed by atoms with Crippen molar-refractivity contribution in [3.63, 3.8) is 0 Å². The number of benzene rings is 2. The van der Waals surface area contributed by atoms with Crippen LogP contribution in [0.2, 0.25) is 0 Å². The molecule has 1 fully saturated rings. The van der Waals surface area contributed by atoms with E-state index in [1.165, 1.54) is 24.1 Å². The van der Waals surface area contributed by atoms with Gasteiger partial charge in [0.05, 0.1) is 5.52 Å². The van der Waals surface area contributed by atoms with Crippen LogP contribution in [0.4, 0.5) is 17.5 Å². The van der Waals surface area contributed by atoms with Crippen LogP contribution in [0, 0.1) is 5.92 Å². The molecule has 0 bridgehead atoms. The van der Waals surface area contributed by atoms with Crippen molar-refractivity contribution < 1.29 is 0 Å². The lowest BCUT2D eigenvalue weighted by atomic mass is 9.86. The van der Waals surface area contributed by atoms with E-state index in [-0.39, 0.29) is 0 Å². The molecule has 32 heavy (non-hydrogen) atoms. The lowest BCUT2D eigenvalue weighted by molar-refractivity contribution is 0.324. The van der Waals surface area contributed by atoms with Crippen LogP contribution < -0.4 is 20.4 Å². The van der Waals surface area contributed by atoms with E-state index in [0.717, 1.165) is 54.5 Å². The Hall–Kier alpha value is -2.86. The van der Waals surface area contributed by atoms with Crippen molar-refractivity contribution in [2.24, 2.45) is 5.92 Å². The van der Waals surface area contributed by atoms with E-state index < -0.39 is 0 Å². The van der Waals surface area contributed by atoms with E-state index in [1.807, 2.05) is 26.2 Å². The Kier molecular flexibility index (Phi) is 7.10. The third kappa shape index (κ3) is 5.49. The molecular formula is C26H36N6. The van der Waals surface area contributed by atoms with Crippen LogP contribution in [-0.4, -0.2) is 50.7 Å². The molecule has 2 N–H and O–H groups in total. The first-order valence-electron chi connectivity index (χ1n) is 11.7. The summed E-state index contributed by atoms with van der Waals surface area (Å²) in [6.07, 6.45) is 4.80. The highest BCUT2D eigenvalue weighted by molar-refractivity contribution is 5.90. The van der Waals surface area contributed by atoms with Gasteiger partial charge in [-0.15, -0.1) is 0 Å². The van der Waals surface area contributed by atoms with E-state index in [1.54, 1.807) is 0 Å². The molecule has 2 aromatic carbocycles. The number of nitrogens with one attached hydrogen (secondary N) is 2. The molecule has 0 radical (unpaired) electrons. The highest BCUT2D eigenvalue weighted by Gasteiger charge is 2.22. The second kappa shape index (κ2) is 10.2. The number of anilines is 3. The predicted octanol–water partition coefficient (Wildman–Crippen LogP) is 4.52. The molecule has 6 heteroatoms. The number of fused-ring (bicyclic) bond motifs is 1. The zero-order chi connectivity index (χ0) is 22.5. The SMILES string of the molecule is CN(C)c1ccc(CNCC2CCC(Nc3nc(N(C)C)c4ccccc4n3)CC2)cc1. The normalized spacial score (nSPS) is 18.5. The van der Waals surface area contributed by atoms with Crippen molar-refractivity contribution in [3.8, 4) is 0 Å². The molecule has 4 rings (SSSR count). The molecule has 0 spiro atoms. The van der Waals surface area contributed by atoms with Gasteiger partial charge in [-0.1, -0.05) is 24.3 Å². The number of aromatic nitrogens is 2. The van der Waals surface area contributed by atoms with Gasteiger partial charge in [-0.05, 0) is 68.0 Å².